The number of hydrogen-bond donors (Lipinski definition) is 1. The number of rotatable bonds is 7. The van der Waals surface area contributed by atoms with Crippen LogP contribution < -0.4 is 10.6 Å². The van der Waals surface area contributed by atoms with E-state index >= 15 is 0 Å². The lowest BCUT2D eigenvalue weighted by atomic mass is 9.93. The predicted octanol–water partition coefficient (Wildman–Crippen LogP) is 2.06. The summed E-state index contributed by atoms with van der Waals surface area (Å²) in [7, 11) is 0. The standard InChI is InChI=1S/C14H21N5O2/c1-4-5-18(10-14(2,3)9-16)13-12(19(20)21)6-11(7-15)8-17-13/h6,8H,4-5,9-10,16H2,1-3H3. The normalized spacial score (nSPS) is 11.0. The molecule has 0 unspecified atom stereocenters. The molecule has 0 spiro atoms. The lowest BCUT2D eigenvalue weighted by Gasteiger charge is -2.32. The maximum absolute atomic E-state index is 11.2. The molecule has 7 heteroatoms. The van der Waals surface area contributed by atoms with E-state index in [4.69, 9.17) is 11.0 Å². The van der Waals surface area contributed by atoms with E-state index in [2.05, 4.69) is 4.98 Å². The van der Waals surface area contributed by atoms with Crippen LogP contribution in [0.1, 0.15) is 32.8 Å². The van der Waals surface area contributed by atoms with Crippen molar-refractivity contribution < 1.29 is 4.92 Å². The first-order chi connectivity index (χ1) is 9.84. The summed E-state index contributed by atoms with van der Waals surface area (Å²) in [6.45, 7) is 7.69. The van der Waals surface area contributed by atoms with Crippen LogP contribution in [-0.2, 0) is 0 Å². The first-order valence-corrected chi connectivity index (χ1v) is 6.84. The molecule has 0 aromatic carbocycles. The van der Waals surface area contributed by atoms with Crippen molar-refractivity contribution in [1.29, 1.82) is 5.26 Å². The van der Waals surface area contributed by atoms with Gasteiger partial charge in [-0.3, -0.25) is 10.1 Å². The zero-order valence-electron chi connectivity index (χ0n) is 12.7. The van der Waals surface area contributed by atoms with Gasteiger partial charge in [0.15, 0.2) is 0 Å². The van der Waals surface area contributed by atoms with Crippen molar-refractivity contribution in [1.82, 2.24) is 4.98 Å². The molecule has 0 aliphatic carbocycles. The number of nitrogens with zero attached hydrogens (tertiary/aromatic N) is 4. The van der Waals surface area contributed by atoms with Gasteiger partial charge in [-0.2, -0.15) is 5.26 Å². The summed E-state index contributed by atoms with van der Waals surface area (Å²) in [6, 6.07) is 3.14. The third-order valence-corrected chi connectivity index (χ3v) is 3.14. The highest BCUT2D eigenvalue weighted by molar-refractivity contribution is 5.60. The highest BCUT2D eigenvalue weighted by atomic mass is 16.6. The Morgan fingerprint density at radius 1 is 1.57 bits per heavy atom. The van der Waals surface area contributed by atoms with Gasteiger partial charge in [0.05, 0.1) is 10.5 Å². The van der Waals surface area contributed by atoms with Crippen LogP contribution in [0.3, 0.4) is 0 Å². The van der Waals surface area contributed by atoms with E-state index in [1.165, 1.54) is 12.3 Å². The summed E-state index contributed by atoms with van der Waals surface area (Å²) >= 11 is 0. The Morgan fingerprint density at radius 2 is 2.24 bits per heavy atom. The molecule has 0 aliphatic rings. The van der Waals surface area contributed by atoms with Crippen molar-refractivity contribution in [3.63, 3.8) is 0 Å². The maximum Gasteiger partial charge on any atom is 0.312 e. The van der Waals surface area contributed by atoms with Crippen LogP contribution in [0.15, 0.2) is 12.3 Å². The van der Waals surface area contributed by atoms with Crippen LogP contribution in [0.5, 0.6) is 0 Å². The molecule has 1 aromatic heterocycles. The summed E-state index contributed by atoms with van der Waals surface area (Å²) in [6.07, 6.45) is 2.19. The first kappa shape index (κ1) is 16.9. The third kappa shape index (κ3) is 4.39. The van der Waals surface area contributed by atoms with Gasteiger partial charge >= 0.3 is 5.69 Å². The number of nitriles is 1. The van der Waals surface area contributed by atoms with Gasteiger partial charge in [-0.15, -0.1) is 0 Å². The average Bonchev–Trinajstić information content (AvgIpc) is 2.46. The van der Waals surface area contributed by atoms with Gasteiger partial charge in [0.25, 0.3) is 0 Å². The topological polar surface area (TPSA) is 109 Å². The molecular formula is C14H21N5O2. The summed E-state index contributed by atoms with van der Waals surface area (Å²) in [5.74, 6) is 0.294. The second kappa shape index (κ2) is 6.99. The summed E-state index contributed by atoms with van der Waals surface area (Å²) in [5.41, 5.74) is 5.60. The van der Waals surface area contributed by atoms with Crippen LogP contribution >= 0.6 is 0 Å². The molecular weight excluding hydrogens is 270 g/mol. The summed E-state index contributed by atoms with van der Waals surface area (Å²) in [5, 5.41) is 20.1. The van der Waals surface area contributed by atoms with E-state index < -0.39 is 4.92 Å². The van der Waals surface area contributed by atoms with Crippen molar-refractivity contribution in [2.45, 2.75) is 27.2 Å². The molecule has 114 valence electrons. The van der Waals surface area contributed by atoms with Crippen LogP contribution in [-0.4, -0.2) is 29.5 Å². The lowest BCUT2D eigenvalue weighted by molar-refractivity contribution is -0.384. The minimum absolute atomic E-state index is 0.143. The highest BCUT2D eigenvalue weighted by Crippen LogP contribution is 2.29. The van der Waals surface area contributed by atoms with Gasteiger partial charge in [0, 0.05) is 25.4 Å². The van der Waals surface area contributed by atoms with E-state index in [-0.39, 0.29) is 16.7 Å². The van der Waals surface area contributed by atoms with Crippen molar-refractivity contribution in [2.24, 2.45) is 11.1 Å². The fraction of sp³-hybridized carbons (Fsp3) is 0.571. The molecule has 0 atom stereocenters. The van der Waals surface area contributed by atoms with Gasteiger partial charge in [0.2, 0.25) is 5.82 Å². The fourth-order valence-electron chi connectivity index (χ4n) is 2.00. The Labute approximate surface area is 124 Å². The number of pyridine rings is 1. The number of aromatic nitrogens is 1. The van der Waals surface area contributed by atoms with Crippen molar-refractivity contribution in [3.05, 3.63) is 27.9 Å². The number of nitro groups is 1. The van der Waals surface area contributed by atoms with Crippen LogP contribution in [0.25, 0.3) is 0 Å². The van der Waals surface area contributed by atoms with Gasteiger partial charge in [-0.1, -0.05) is 20.8 Å². The first-order valence-electron chi connectivity index (χ1n) is 6.84. The minimum atomic E-state index is -0.499. The average molecular weight is 291 g/mol. The number of anilines is 1. The quantitative estimate of drug-likeness (QED) is 0.608. The molecule has 21 heavy (non-hydrogen) atoms. The van der Waals surface area contributed by atoms with Crippen molar-refractivity contribution in [2.75, 3.05) is 24.5 Å². The molecule has 1 heterocycles. The molecule has 0 amide bonds. The Balaban J connectivity index is 3.25. The summed E-state index contributed by atoms with van der Waals surface area (Å²) < 4.78 is 0. The van der Waals surface area contributed by atoms with Gasteiger partial charge < -0.3 is 10.6 Å². The molecule has 0 bridgehead atoms. The lowest BCUT2D eigenvalue weighted by Crippen LogP contribution is -2.40. The predicted molar refractivity (Wildman–Crippen MR) is 80.9 cm³/mol. The second-order valence-electron chi connectivity index (χ2n) is 5.73. The van der Waals surface area contributed by atoms with Gasteiger partial charge in [-0.05, 0) is 18.4 Å². The smallest absolute Gasteiger partial charge is 0.312 e. The number of hydrogen-bond acceptors (Lipinski definition) is 6. The van der Waals surface area contributed by atoms with E-state index in [0.717, 1.165) is 6.42 Å². The van der Waals surface area contributed by atoms with E-state index in [0.29, 0.717) is 25.5 Å². The van der Waals surface area contributed by atoms with E-state index in [9.17, 15) is 10.1 Å². The Kier molecular flexibility index (Phi) is 5.61. The largest absolute Gasteiger partial charge is 0.350 e. The molecule has 1 aromatic rings. The molecule has 0 aliphatic heterocycles. The van der Waals surface area contributed by atoms with Gasteiger partial charge in [0.1, 0.15) is 6.07 Å². The van der Waals surface area contributed by atoms with E-state index in [1.54, 1.807) is 0 Å². The zero-order valence-corrected chi connectivity index (χ0v) is 12.7. The molecule has 1 rings (SSSR count). The van der Waals surface area contributed by atoms with Crippen molar-refractivity contribution >= 4 is 11.5 Å². The summed E-state index contributed by atoms with van der Waals surface area (Å²) in [4.78, 5) is 16.7. The SMILES string of the molecule is CCCN(CC(C)(C)CN)c1ncc(C#N)cc1[N+](=O)[O-]. The Bertz CT molecular complexity index is 551. The molecule has 0 radical (unpaired) electrons. The molecule has 0 saturated heterocycles. The minimum Gasteiger partial charge on any atom is -0.350 e. The highest BCUT2D eigenvalue weighted by Gasteiger charge is 2.26. The fourth-order valence-corrected chi connectivity index (χ4v) is 2.00. The molecule has 7 nitrogen and oxygen atoms in total. The van der Waals surface area contributed by atoms with Gasteiger partial charge in [-0.25, -0.2) is 4.98 Å². The Morgan fingerprint density at radius 3 is 2.71 bits per heavy atom. The van der Waals surface area contributed by atoms with Crippen LogP contribution in [0.2, 0.25) is 0 Å². The Hall–Kier alpha value is -2.20. The van der Waals surface area contributed by atoms with Crippen LogP contribution in [0.4, 0.5) is 11.5 Å². The number of nitrogens with two attached hydrogens (primary N) is 1. The van der Waals surface area contributed by atoms with Crippen LogP contribution in [0, 0.1) is 26.9 Å². The molecule has 0 saturated carbocycles. The van der Waals surface area contributed by atoms with E-state index in [1.807, 2.05) is 31.7 Å². The second-order valence-corrected chi connectivity index (χ2v) is 5.73. The zero-order chi connectivity index (χ0) is 16.0. The van der Waals surface area contributed by atoms with Crippen molar-refractivity contribution in [3.8, 4) is 6.07 Å². The molecule has 2 N–H and O–H groups in total. The maximum atomic E-state index is 11.2. The third-order valence-electron chi connectivity index (χ3n) is 3.14. The monoisotopic (exact) mass is 291 g/mol. The molecule has 0 fully saturated rings.